The van der Waals surface area contributed by atoms with E-state index in [1.165, 1.54) is 107 Å². The van der Waals surface area contributed by atoms with Gasteiger partial charge in [-0.15, -0.1) is 5.10 Å². The van der Waals surface area contributed by atoms with Gasteiger partial charge in [0.05, 0.1) is 21.7 Å². The third-order valence-electron chi connectivity index (χ3n) is 7.91. The highest BCUT2D eigenvalue weighted by Crippen LogP contribution is 2.24. The van der Waals surface area contributed by atoms with Crippen molar-refractivity contribution in [2.45, 2.75) is 128 Å². The Hall–Kier alpha value is -2.85. The van der Waals surface area contributed by atoms with Crippen LogP contribution in [-0.4, -0.2) is 30.7 Å². The van der Waals surface area contributed by atoms with Gasteiger partial charge in [-0.3, -0.25) is 0 Å². The van der Waals surface area contributed by atoms with Crippen LogP contribution in [0.15, 0.2) is 52.5 Å². The number of hydrogen-bond donors (Lipinski definition) is 2. The number of thiazole rings is 1. The molecule has 0 aliphatic rings. The fourth-order valence-electron chi connectivity index (χ4n) is 5.37. The van der Waals surface area contributed by atoms with E-state index in [1.807, 2.05) is 35.8 Å². The molecule has 0 radical (unpaired) electrons. The Morgan fingerprint density at radius 3 is 1.98 bits per heavy atom. The number of benzene rings is 2. The van der Waals surface area contributed by atoms with Gasteiger partial charge in [-0.25, -0.2) is 4.79 Å². The van der Waals surface area contributed by atoms with E-state index in [1.54, 1.807) is 0 Å². The van der Waals surface area contributed by atoms with Crippen molar-refractivity contribution >= 4 is 37.5 Å². The first kappa shape index (κ1) is 35.6. The van der Waals surface area contributed by atoms with Crippen LogP contribution < -0.4 is 14.4 Å². The Balaban J connectivity index is 1.37. The minimum atomic E-state index is -4.09. The summed E-state index contributed by atoms with van der Waals surface area (Å²) in [5.74, 6) is -1.07. The molecular formula is C34H51N3O5S2. The van der Waals surface area contributed by atoms with Crippen molar-refractivity contribution in [2.24, 2.45) is 5.10 Å². The molecule has 0 bridgehead atoms. The number of rotatable bonds is 23. The number of nitrogens with one attached hydrogen (secondary N) is 1. The molecule has 2 N–H and O–H groups in total. The van der Waals surface area contributed by atoms with E-state index in [-0.39, 0.29) is 16.2 Å². The number of carboxylic acids is 1. The third kappa shape index (κ3) is 11.6. The molecule has 3 rings (SSSR count). The summed E-state index contributed by atoms with van der Waals surface area (Å²) in [6.45, 7) is 5.24. The fraction of sp³-hybridized carbons (Fsp3) is 0.588. The predicted molar refractivity (Wildman–Crippen MR) is 180 cm³/mol. The highest BCUT2D eigenvalue weighted by Gasteiger charge is 2.20. The molecule has 0 spiro atoms. The number of hydrogen-bond acceptors (Lipinski definition) is 6. The molecule has 10 heteroatoms. The molecule has 0 saturated heterocycles. The molecule has 0 unspecified atom stereocenters. The van der Waals surface area contributed by atoms with Crippen molar-refractivity contribution in [3.63, 3.8) is 0 Å². The van der Waals surface area contributed by atoms with Crippen molar-refractivity contribution in [2.75, 3.05) is 6.61 Å². The molecule has 0 aliphatic heterocycles. The number of aromatic nitrogens is 1. The molecule has 0 atom stereocenters. The Morgan fingerprint density at radius 1 is 0.841 bits per heavy atom. The normalized spacial score (nSPS) is 12.2. The first-order valence-electron chi connectivity index (χ1n) is 16.5. The van der Waals surface area contributed by atoms with Crippen LogP contribution in [0.2, 0.25) is 0 Å². The second kappa shape index (κ2) is 19.5. The Bertz CT molecular complexity index is 1460. The molecular weight excluding hydrogens is 595 g/mol. The average Bonchev–Trinajstić information content (AvgIpc) is 3.39. The number of unbranched alkanes of at least 4 members (excludes halogenated alkanes) is 15. The Kier molecular flexibility index (Phi) is 15.8. The zero-order valence-corrected chi connectivity index (χ0v) is 28.2. The minimum absolute atomic E-state index is 0.169. The van der Waals surface area contributed by atoms with Gasteiger partial charge < -0.3 is 14.4 Å². The molecule has 244 valence electrons. The van der Waals surface area contributed by atoms with Gasteiger partial charge in [-0.1, -0.05) is 127 Å². The summed E-state index contributed by atoms with van der Waals surface area (Å²) in [6.07, 6.45) is 20.5. The van der Waals surface area contributed by atoms with Crippen molar-refractivity contribution in [1.82, 2.24) is 9.40 Å². The summed E-state index contributed by atoms with van der Waals surface area (Å²) >= 11 is 1.37. The summed E-state index contributed by atoms with van der Waals surface area (Å²) in [7, 11) is -4.09. The summed E-state index contributed by atoms with van der Waals surface area (Å²) in [6, 6.07) is 11.7. The molecule has 1 heterocycles. The standard InChI is InChI=1S/C34H51N3O5S2/c1-3-5-6-7-8-9-10-11-12-13-14-15-16-17-18-21-26-42-31-25-24-28(27-29(31)33(38)39)44(40,41)36-35-34-37(4-2)30-22-19-20-23-32(30)43-34/h19-20,22-25,27,36H,3-18,21,26H2,1-2H3,(H,38,39)/b35-34-. The van der Waals surface area contributed by atoms with Crippen LogP contribution in [0.25, 0.3) is 10.2 Å². The number of aromatic carboxylic acids is 1. The van der Waals surface area contributed by atoms with Crippen LogP contribution in [-0.2, 0) is 16.6 Å². The lowest BCUT2D eigenvalue weighted by Crippen LogP contribution is -2.24. The number of para-hydroxylation sites is 1. The average molecular weight is 646 g/mol. The number of fused-ring (bicyclic) bond motifs is 1. The van der Waals surface area contributed by atoms with Gasteiger partial charge in [0.25, 0.3) is 10.0 Å². The number of nitrogens with zero attached hydrogens (tertiary/aromatic N) is 2. The second-order valence-corrected chi connectivity index (χ2v) is 14.1. The van der Waals surface area contributed by atoms with Crippen LogP contribution in [0, 0.1) is 0 Å². The van der Waals surface area contributed by atoms with Crippen molar-refractivity contribution in [3.05, 3.63) is 52.8 Å². The highest BCUT2D eigenvalue weighted by atomic mass is 32.2. The van der Waals surface area contributed by atoms with Crippen molar-refractivity contribution in [3.8, 4) is 5.75 Å². The summed E-state index contributed by atoms with van der Waals surface area (Å²) in [5, 5.41) is 13.9. The van der Waals surface area contributed by atoms with Crippen LogP contribution in [0.5, 0.6) is 5.75 Å². The van der Waals surface area contributed by atoms with Crippen LogP contribution in [0.4, 0.5) is 0 Å². The van der Waals surface area contributed by atoms with Gasteiger partial charge in [0.2, 0.25) is 4.80 Å². The smallest absolute Gasteiger partial charge is 0.339 e. The quantitative estimate of drug-likeness (QED) is 0.0791. The Morgan fingerprint density at radius 2 is 1.41 bits per heavy atom. The topological polar surface area (TPSA) is 110 Å². The maximum absolute atomic E-state index is 13.0. The zero-order valence-electron chi connectivity index (χ0n) is 26.6. The summed E-state index contributed by atoms with van der Waals surface area (Å²) in [4.78, 5) is 14.5. The maximum atomic E-state index is 13.0. The number of carboxylic acid groups (broad SMARTS) is 1. The van der Waals surface area contributed by atoms with Gasteiger partial charge in [0.1, 0.15) is 11.3 Å². The Labute approximate surface area is 267 Å². The number of carbonyl (C=O) groups is 1. The lowest BCUT2D eigenvalue weighted by molar-refractivity contribution is 0.0691. The molecule has 44 heavy (non-hydrogen) atoms. The van der Waals surface area contributed by atoms with Crippen LogP contribution in [0.1, 0.15) is 127 Å². The molecule has 2 aromatic carbocycles. The monoisotopic (exact) mass is 645 g/mol. The molecule has 8 nitrogen and oxygen atoms in total. The van der Waals surface area contributed by atoms with E-state index in [0.29, 0.717) is 18.0 Å². The summed E-state index contributed by atoms with van der Waals surface area (Å²) < 4.78 is 34.6. The lowest BCUT2D eigenvalue weighted by Gasteiger charge is -2.11. The molecule has 0 fully saturated rings. The van der Waals surface area contributed by atoms with Gasteiger partial charge in [0, 0.05) is 6.54 Å². The van der Waals surface area contributed by atoms with Crippen LogP contribution in [0.3, 0.4) is 0 Å². The molecule has 0 aliphatic carbocycles. The minimum Gasteiger partial charge on any atom is -0.493 e. The SMILES string of the molecule is CCCCCCCCCCCCCCCCCCOc1ccc(S(=O)(=O)N/N=c2\sc3ccccc3n2CC)cc1C(=O)O. The van der Waals surface area contributed by atoms with Gasteiger partial charge in [-0.2, -0.15) is 13.2 Å². The maximum Gasteiger partial charge on any atom is 0.339 e. The highest BCUT2D eigenvalue weighted by molar-refractivity contribution is 7.89. The van der Waals surface area contributed by atoms with E-state index < -0.39 is 16.0 Å². The number of sulfonamides is 1. The molecule has 3 aromatic rings. The largest absolute Gasteiger partial charge is 0.493 e. The second-order valence-electron chi connectivity index (χ2n) is 11.4. The zero-order chi connectivity index (χ0) is 31.6. The third-order valence-corrected chi connectivity index (χ3v) is 10.2. The molecule has 1 aromatic heterocycles. The molecule has 0 amide bonds. The van der Waals surface area contributed by atoms with E-state index in [9.17, 15) is 18.3 Å². The van der Waals surface area contributed by atoms with Gasteiger partial charge >= 0.3 is 5.97 Å². The lowest BCUT2D eigenvalue weighted by atomic mass is 10.0. The van der Waals surface area contributed by atoms with Crippen molar-refractivity contribution < 1.29 is 23.1 Å². The molecule has 0 saturated carbocycles. The van der Waals surface area contributed by atoms with Gasteiger partial charge in [0.15, 0.2) is 0 Å². The van der Waals surface area contributed by atoms with E-state index >= 15 is 0 Å². The number of ether oxygens (including phenoxy) is 1. The number of aryl methyl sites for hydroxylation is 1. The van der Waals surface area contributed by atoms with Crippen LogP contribution >= 0.6 is 11.3 Å². The summed E-state index contributed by atoms with van der Waals surface area (Å²) in [5.41, 5.74) is 0.784. The first-order valence-corrected chi connectivity index (χ1v) is 18.8. The van der Waals surface area contributed by atoms with E-state index in [4.69, 9.17) is 4.74 Å². The fourth-order valence-corrected chi connectivity index (χ4v) is 7.31. The predicted octanol–water partition coefficient (Wildman–Crippen LogP) is 8.86. The van der Waals surface area contributed by atoms with E-state index in [2.05, 4.69) is 16.9 Å². The first-order chi connectivity index (χ1) is 21.4. The van der Waals surface area contributed by atoms with Crippen molar-refractivity contribution in [1.29, 1.82) is 0 Å². The van der Waals surface area contributed by atoms with E-state index in [0.717, 1.165) is 35.5 Å². The van der Waals surface area contributed by atoms with Gasteiger partial charge in [-0.05, 0) is 43.7 Å².